The van der Waals surface area contributed by atoms with E-state index in [1.165, 1.54) is 0 Å². The van der Waals surface area contributed by atoms with Crippen molar-refractivity contribution in [3.05, 3.63) is 12.7 Å². The van der Waals surface area contributed by atoms with Gasteiger partial charge in [-0.1, -0.05) is 13.0 Å². The highest BCUT2D eigenvalue weighted by atomic mass is 16.3. The molecule has 0 aromatic carbocycles. The number of allylic oxidation sites excluding steroid dienone is 1. The number of carbonyl (C=O) groups excluding carboxylic acids is 1. The van der Waals surface area contributed by atoms with Crippen LogP contribution >= 0.6 is 0 Å². The van der Waals surface area contributed by atoms with E-state index < -0.39 is 0 Å². The van der Waals surface area contributed by atoms with E-state index in [1.54, 1.807) is 6.08 Å². The Kier molecular flexibility index (Phi) is 6.38. The molecule has 2 N–H and O–H groups in total. The molecule has 1 atom stereocenters. The summed E-state index contributed by atoms with van der Waals surface area (Å²) in [6.45, 7) is 6.07. The number of aliphatic hydroxyl groups is 1. The van der Waals surface area contributed by atoms with Gasteiger partial charge in [-0.15, -0.1) is 6.58 Å². The van der Waals surface area contributed by atoms with Crippen LogP contribution in [0.4, 0.5) is 0 Å². The molecule has 1 amide bonds. The summed E-state index contributed by atoms with van der Waals surface area (Å²) in [5.41, 5.74) is 0. The summed E-state index contributed by atoms with van der Waals surface area (Å²) in [6, 6.07) is 0. The Morgan fingerprint density at radius 2 is 2.42 bits per heavy atom. The van der Waals surface area contributed by atoms with Crippen molar-refractivity contribution in [2.45, 2.75) is 19.8 Å². The van der Waals surface area contributed by atoms with E-state index >= 15 is 0 Å². The SMILES string of the molecule is C=CCCC(=O)NCC(C)CO. The van der Waals surface area contributed by atoms with Crippen LogP contribution in [0.1, 0.15) is 19.8 Å². The fourth-order valence-corrected chi connectivity index (χ4v) is 0.674. The zero-order valence-electron chi connectivity index (χ0n) is 7.55. The zero-order chi connectivity index (χ0) is 9.40. The Morgan fingerprint density at radius 3 is 2.92 bits per heavy atom. The Bertz CT molecular complexity index is 145. The van der Waals surface area contributed by atoms with E-state index in [-0.39, 0.29) is 18.4 Å². The van der Waals surface area contributed by atoms with Gasteiger partial charge in [-0.25, -0.2) is 0 Å². The molecule has 3 nitrogen and oxygen atoms in total. The van der Waals surface area contributed by atoms with Gasteiger partial charge in [-0.05, 0) is 12.3 Å². The fraction of sp³-hybridized carbons (Fsp3) is 0.667. The first kappa shape index (κ1) is 11.2. The second-order valence-corrected chi connectivity index (χ2v) is 2.92. The molecule has 0 aromatic rings. The minimum Gasteiger partial charge on any atom is -0.396 e. The molecule has 0 aliphatic carbocycles. The van der Waals surface area contributed by atoms with Crippen molar-refractivity contribution >= 4 is 5.91 Å². The lowest BCUT2D eigenvalue weighted by molar-refractivity contribution is -0.121. The third-order valence-electron chi connectivity index (χ3n) is 1.53. The third kappa shape index (κ3) is 5.92. The average molecular weight is 171 g/mol. The molecule has 0 bridgehead atoms. The lowest BCUT2D eigenvalue weighted by Gasteiger charge is -2.08. The second-order valence-electron chi connectivity index (χ2n) is 2.92. The molecule has 70 valence electrons. The highest BCUT2D eigenvalue weighted by Crippen LogP contribution is 1.92. The topological polar surface area (TPSA) is 49.3 Å². The van der Waals surface area contributed by atoms with Crippen LogP contribution in [0.25, 0.3) is 0 Å². The van der Waals surface area contributed by atoms with Crippen LogP contribution < -0.4 is 5.32 Å². The summed E-state index contributed by atoms with van der Waals surface area (Å²) >= 11 is 0. The number of amides is 1. The monoisotopic (exact) mass is 171 g/mol. The number of aliphatic hydroxyl groups excluding tert-OH is 1. The van der Waals surface area contributed by atoms with Gasteiger partial charge in [-0.2, -0.15) is 0 Å². The first-order chi connectivity index (χ1) is 5.70. The molecule has 0 saturated heterocycles. The Balaban J connectivity index is 3.36. The maximum Gasteiger partial charge on any atom is 0.220 e. The summed E-state index contributed by atoms with van der Waals surface area (Å²) in [7, 11) is 0. The number of carbonyl (C=O) groups is 1. The molecule has 3 heteroatoms. The minimum atomic E-state index is 0.0233. The van der Waals surface area contributed by atoms with E-state index in [9.17, 15) is 4.79 Å². The number of rotatable bonds is 6. The minimum absolute atomic E-state index is 0.0233. The Hall–Kier alpha value is -0.830. The zero-order valence-corrected chi connectivity index (χ0v) is 7.55. The van der Waals surface area contributed by atoms with Crippen molar-refractivity contribution in [2.75, 3.05) is 13.2 Å². The largest absolute Gasteiger partial charge is 0.396 e. The smallest absolute Gasteiger partial charge is 0.220 e. The summed E-state index contributed by atoms with van der Waals surface area (Å²) in [6.07, 6.45) is 2.91. The number of nitrogens with one attached hydrogen (secondary N) is 1. The standard InChI is InChI=1S/C9H17NO2/c1-3-4-5-9(12)10-6-8(2)7-11/h3,8,11H,1,4-7H2,2H3,(H,10,12). The van der Waals surface area contributed by atoms with Crippen LogP contribution in [0, 0.1) is 5.92 Å². The Morgan fingerprint density at radius 1 is 1.75 bits per heavy atom. The predicted octanol–water partition coefficient (Wildman–Crippen LogP) is 0.697. The highest BCUT2D eigenvalue weighted by Gasteiger charge is 2.02. The predicted molar refractivity (Wildman–Crippen MR) is 48.7 cm³/mol. The van der Waals surface area contributed by atoms with E-state index in [1.807, 2.05) is 6.92 Å². The van der Waals surface area contributed by atoms with Crippen molar-refractivity contribution in [3.63, 3.8) is 0 Å². The molecule has 0 fully saturated rings. The van der Waals surface area contributed by atoms with Gasteiger partial charge in [0.25, 0.3) is 0 Å². The van der Waals surface area contributed by atoms with Crippen molar-refractivity contribution < 1.29 is 9.90 Å². The van der Waals surface area contributed by atoms with Crippen LogP contribution in [0.5, 0.6) is 0 Å². The fourth-order valence-electron chi connectivity index (χ4n) is 0.674. The lowest BCUT2D eigenvalue weighted by atomic mass is 10.2. The van der Waals surface area contributed by atoms with Crippen LogP contribution in [-0.2, 0) is 4.79 Å². The third-order valence-corrected chi connectivity index (χ3v) is 1.53. The Labute approximate surface area is 73.5 Å². The summed E-state index contributed by atoms with van der Waals surface area (Å²) in [4.78, 5) is 11.0. The van der Waals surface area contributed by atoms with Crippen LogP contribution in [0.2, 0.25) is 0 Å². The van der Waals surface area contributed by atoms with Gasteiger partial charge in [0, 0.05) is 19.6 Å². The summed E-state index contributed by atoms with van der Waals surface area (Å²) < 4.78 is 0. The maximum atomic E-state index is 11.0. The van der Waals surface area contributed by atoms with Crippen molar-refractivity contribution in [1.82, 2.24) is 5.32 Å². The first-order valence-corrected chi connectivity index (χ1v) is 4.19. The summed E-state index contributed by atoms with van der Waals surface area (Å²) in [5.74, 6) is 0.160. The van der Waals surface area contributed by atoms with E-state index in [0.29, 0.717) is 19.4 Å². The average Bonchev–Trinajstić information content (AvgIpc) is 2.10. The molecule has 0 saturated carbocycles. The van der Waals surface area contributed by atoms with Crippen LogP contribution in [-0.4, -0.2) is 24.2 Å². The number of hydrogen-bond donors (Lipinski definition) is 2. The van der Waals surface area contributed by atoms with Crippen molar-refractivity contribution in [1.29, 1.82) is 0 Å². The molecule has 1 unspecified atom stereocenters. The van der Waals surface area contributed by atoms with E-state index in [0.717, 1.165) is 0 Å². The van der Waals surface area contributed by atoms with Crippen molar-refractivity contribution in [3.8, 4) is 0 Å². The molecular weight excluding hydrogens is 154 g/mol. The molecule has 0 aliphatic heterocycles. The van der Waals surface area contributed by atoms with Gasteiger partial charge < -0.3 is 10.4 Å². The molecular formula is C9H17NO2. The molecule has 0 heterocycles. The van der Waals surface area contributed by atoms with E-state index in [2.05, 4.69) is 11.9 Å². The first-order valence-electron chi connectivity index (χ1n) is 4.19. The molecule has 0 aliphatic rings. The van der Waals surface area contributed by atoms with Gasteiger partial charge in [0.1, 0.15) is 0 Å². The molecule has 0 rings (SSSR count). The van der Waals surface area contributed by atoms with Gasteiger partial charge in [0.15, 0.2) is 0 Å². The van der Waals surface area contributed by atoms with Crippen LogP contribution in [0.3, 0.4) is 0 Å². The molecule has 0 radical (unpaired) electrons. The van der Waals surface area contributed by atoms with Crippen molar-refractivity contribution in [2.24, 2.45) is 5.92 Å². The lowest BCUT2D eigenvalue weighted by Crippen LogP contribution is -2.29. The van der Waals surface area contributed by atoms with Gasteiger partial charge in [0.05, 0.1) is 0 Å². The quantitative estimate of drug-likeness (QED) is 0.578. The van der Waals surface area contributed by atoms with E-state index in [4.69, 9.17) is 5.11 Å². The normalized spacial score (nSPS) is 12.2. The van der Waals surface area contributed by atoms with Gasteiger partial charge in [0.2, 0.25) is 5.91 Å². The molecule has 0 spiro atoms. The van der Waals surface area contributed by atoms with Crippen LogP contribution in [0.15, 0.2) is 12.7 Å². The summed E-state index contributed by atoms with van der Waals surface area (Å²) in [5, 5.41) is 11.4. The van der Waals surface area contributed by atoms with Gasteiger partial charge in [-0.3, -0.25) is 4.79 Å². The number of hydrogen-bond acceptors (Lipinski definition) is 2. The highest BCUT2D eigenvalue weighted by molar-refractivity contribution is 5.75. The maximum absolute atomic E-state index is 11.0. The van der Waals surface area contributed by atoms with Gasteiger partial charge >= 0.3 is 0 Å². The molecule has 12 heavy (non-hydrogen) atoms. The molecule has 0 aromatic heterocycles. The second kappa shape index (κ2) is 6.85.